The van der Waals surface area contributed by atoms with Gasteiger partial charge in [0.2, 0.25) is 5.91 Å². The zero-order chi connectivity index (χ0) is 17.0. The molecule has 2 aliphatic rings. The molecular formula is C16H28FN3O3. The number of aliphatic carboxylic acids is 1. The van der Waals surface area contributed by atoms with E-state index in [-0.39, 0.29) is 31.0 Å². The Labute approximate surface area is 137 Å². The average molecular weight is 329 g/mol. The summed E-state index contributed by atoms with van der Waals surface area (Å²) in [4.78, 5) is 28.9. The van der Waals surface area contributed by atoms with Crippen LogP contribution in [0.2, 0.25) is 0 Å². The molecule has 1 N–H and O–H groups in total. The Bertz CT molecular complexity index is 425. The molecule has 0 radical (unpaired) electrons. The molecule has 2 rings (SSSR count). The number of hydrogen-bond donors (Lipinski definition) is 1. The van der Waals surface area contributed by atoms with E-state index in [1.54, 1.807) is 4.90 Å². The summed E-state index contributed by atoms with van der Waals surface area (Å²) in [5, 5.41) is 8.82. The summed E-state index contributed by atoms with van der Waals surface area (Å²) in [7, 11) is 0. The second-order valence-electron chi connectivity index (χ2n) is 7.10. The highest BCUT2D eigenvalue weighted by Gasteiger charge is 2.36. The quantitative estimate of drug-likeness (QED) is 0.776. The summed E-state index contributed by atoms with van der Waals surface area (Å²) >= 11 is 0. The second kappa shape index (κ2) is 8.06. The van der Waals surface area contributed by atoms with E-state index in [1.807, 2.05) is 18.7 Å². The number of rotatable bonds is 6. The topological polar surface area (TPSA) is 64.1 Å². The largest absolute Gasteiger partial charge is 0.480 e. The van der Waals surface area contributed by atoms with Gasteiger partial charge in [-0.25, -0.2) is 4.39 Å². The number of nitrogens with zero attached hydrogens (tertiary/aromatic N) is 3. The van der Waals surface area contributed by atoms with Crippen molar-refractivity contribution in [1.29, 1.82) is 0 Å². The van der Waals surface area contributed by atoms with E-state index in [0.29, 0.717) is 32.5 Å². The molecule has 2 unspecified atom stereocenters. The Kier molecular flexibility index (Phi) is 6.35. The molecule has 7 heteroatoms. The van der Waals surface area contributed by atoms with E-state index < -0.39 is 12.1 Å². The maximum Gasteiger partial charge on any atom is 0.317 e. The predicted octanol–water partition coefficient (Wildman–Crippen LogP) is 0.674. The van der Waals surface area contributed by atoms with Crippen molar-refractivity contribution in [2.75, 3.05) is 45.8 Å². The Balaban J connectivity index is 1.84. The number of piperazine rings is 1. The Morgan fingerprint density at radius 1 is 1.17 bits per heavy atom. The highest BCUT2D eigenvalue weighted by molar-refractivity contribution is 5.77. The molecule has 0 bridgehead atoms. The number of alkyl halides is 1. The van der Waals surface area contributed by atoms with Crippen LogP contribution in [0, 0.1) is 5.92 Å². The molecule has 0 aromatic heterocycles. The van der Waals surface area contributed by atoms with Crippen molar-refractivity contribution in [2.45, 2.75) is 38.9 Å². The molecule has 0 aromatic rings. The van der Waals surface area contributed by atoms with Crippen molar-refractivity contribution in [2.24, 2.45) is 5.92 Å². The highest BCUT2D eigenvalue weighted by Crippen LogP contribution is 2.23. The van der Waals surface area contributed by atoms with Crippen LogP contribution in [-0.2, 0) is 9.59 Å². The number of carbonyl (C=O) groups excluding carboxylic acids is 1. The first-order valence-electron chi connectivity index (χ1n) is 8.45. The minimum Gasteiger partial charge on any atom is -0.480 e. The third-order valence-corrected chi connectivity index (χ3v) is 4.56. The van der Waals surface area contributed by atoms with E-state index in [9.17, 15) is 14.0 Å². The molecular weight excluding hydrogens is 301 g/mol. The van der Waals surface area contributed by atoms with Gasteiger partial charge in [0.25, 0.3) is 0 Å². The summed E-state index contributed by atoms with van der Waals surface area (Å²) in [5.41, 5.74) is 0. The lowest BCUT2D eigenvalue weighted by Gasteiger charge is -2.37. The average Bonchev–Trinajstić information content (AvgIpc) is 2.80. The van der Waals surface area contributed by atoms with E-state index in [0.717, 1.165) is 13.1 Å². The van der Waals surface area contributed by atoms with Gasteiger partial charge in [-0.2, -0.15) is 0 Å². The van der Waals surface area contributed by atoms with Crippen LogP contribution in [0.15, 0.2) is 0 Å². The van der Waals surface area contributed by atoms with Crippen LogP contribution >= 0.6 is 0 Å². The van der Waals surface area contributed by atoms with Crippen LogP contribution in [0.25, 0.3) is 0 Å². The third kappa shape index (κ3) is 5.42. The van der Waals surface area contributed by atoms with Gasteiger partial charge in [-0.3, -0.25) is 19.4 Å². The van der Waals surface area contributed by atoms with Crippen LogP contribution in [0.1, 0.15) is 26.7 Å². The first-order chi connectivity index (χ1) is 10.8. The monoisotopic (exact) mass is 329 g/mol. The Morgan fingerprint density at radius 3 is 2.35 bits per heavy atom. The van der Waals surface area contributed by atoms with Gasteiger partial charge in [0, 0.05) is 51.6 Å². The van der Waals surface area contributed by atoms with Crippen LogP contribution in [-0.4, -0.2) is 89.7 Å². The summed E-state index contributed by atoms with van der Waals surface area (Å²) in [6.07, 6.45) is -0.0428. The van der Waals surface area contributed by atoms with E-state index in [2.05, 4.69) is 4.90 Å². The molecule has 6 nitrogen and oxygen atoms in total. The van der Waals surface area contributed by atoms with Gasteiger partial charge in [0.15, 0.2) is 0 Å². The van der Waals surface area contributed by atoms with Gasteiger partial charge >= 0.3 is 5.97 Å². The minimum atomic E-state index is -0.926. The van der Waals surface area contributed by atoms with E-state index in [1.165, 1.54) is 0 Å². The van der Waals surface area contributed by atoms with Gasteiger partial charge in [-0.15, -0.1) is 0 Å². The molecule has 2 fully saturated rings. The zero-order valence-electron chi connectivity index (χ0n) is 14.1. The summed E-state index contributed by atoms with van der Waals surface area (Å²) in [6, 6.07) is -0.0535. The molecule has 132 valence electrons. The van der Waals surface area contributed by atoms with Crippen molar-refractivity contribution in [3.05, 3.63) is 0 Å². The van der Waals surface area contributed by atoms with E-state index >= 15 is 0 Å². The minimum absolute atomic E-state index is 0.0506. The van der Waals surface area contributed by atoms with Gasteiger partial charge in [0.1, 0.15) is 6.17 Å². The molecule has 0 aliphatic carbocycles. The molecule has 1 amide bonds. The van der Waals surface area contributed by atoms with Crippen molar-refractivity contribution >= 4 is 11.9 Å². The summed E-state index contributed by atoms with van der Waals surface area (Å²) < 4.78 is 13.8. The van der Waals surface area contributed by atoms with Crippen LogP contribution in [0.4, 0.5) is 4.39 Å². The molecule has 2 atom stereocenters. The highest BCUT2D eigenvalue weighted by atomic mass is 19.1. The Hall–Kier alpha value is -1.21. The number of amides is 1. The maximum atomic E-state index is 13.8. The maximum absolute atomic E-state index is 13.8. The zero-order valence-corrected chi connectivity index (χ0v) is 14.1. The molecule has 0 spiro atoms. The fraction of sp³-hybridized carbons (Fsp3) is 0.875. The number of carboxylic acid groups (broad SMARTS) is 1. The standard InChI is InChI=1S/C16H28FN3O3/c1-12(2)7-15(21)20-9-13(17)8-14(20)10-18-3-5-19(6-4-18)11-16(22)23/h12-14H,3-11H2,1-2H3,(H,22,23). The van der Waals surface area contributed by atoms with Crippen LogP contribution in [0.3, 0.4) is 0 Å². The summed E-state index contributed by atoms with van der Waals surface area (Å²) in [5.74, 6) is -0.476. The smallest absolute Gasteiger partial charge is 0.317 e. The number of halogens is 1. The number of hydrogen-bond acceptors (Lipinski definition) is 4. The molecule has 0 aromatic carbocycles. The van der Waals surface area contributed by atoms with Crippen molar-refractivity contribution in [3.8, 4) is 0 Å². The molecule has 2 saturated heterocycles. The van der Waals surface area contributed by atoms with Gasteiger partial charge in [-0.05, 0) is 5.92 Å². The fourth-order valence-corrected chi connectivity index (χ4v) is 3.42. The molecule has 2 heterocycles. The van der Waals surface area contributed by atoms with Crippen LogP contribution in [0.5, 0.6) is 0 Å². The normalized spacial score (nSPS) is 26.9. The summed E-state index contributed by atoms with van der Waals surface area (Å²) in [6.45, 7) is 7.92. The number of carboxylic acids is 1. The van der Waals surface area contributed by atoms with Crippen LogP contribution < -0.4 is 0 Å². The lowest BCUT2D eigenvalue weighted by Crippen LogP contribution is -2.51. The van der Waals surface area contributed by atoms with Crippen molar-refractivity contribution in [1.82, 2.24) is 14.7 Å². The van der Waals surface area contributed by atoms with Crippen molar-refractivity contribution < 1.29 is 19.1 Å². The first-order valence-corrected chi connectivity index (χ1v) is 8.45. The second-order valence-corrected chi connectivity index (χ2v) is 7.10. The van der Waals surface area contributed by atoms with Gasteiger partial charge in [0.05, 0.1) is 13.1 Å². The molecule has 0 saturated carbocycles. The first kappa shape index (κ1) is 18.1. The predicted molar refractivity (Wildman–Crippen MR) is 85.0 cm³/mol. The van der Waals surface area contributed by atoms with Crippen molar-refractivity contribution in [3.63, 3.8) is 0 Å². The molecule has 23 heavy (non-hydrogen) atoms. The lowest BCUT2D eigenvalue weighted by molar-refractivity contribution is -0.139. The van der Waals surface area contributed by atoms with Gasteiger partial charge < -0.3 is 10.0 Å². The third-order valence-electron chi connectivity index (χ3n) is 4.56. The number of likely N-dealkylation sites (tertiary alicyclic amines) is 1. The van der Waals surface area contributed by atoms with Gasteiger partial charge in [-0.1, -0.05) is 13.8 Å². The number of carbonyl (C=O) groups is 2. The SMILES string of the molecule is CC(C)CC(=O)N1CC(F)CC1CN1CCN(CC(=O)O)CC1. The molecule has 2 aliphatic heterocycles. The fourth-order valence-electron chi connectivity index (χ4n) is 3.42. The lowest BCUT2D eigenvalue weighted by atomic mass is 10.1. The van der Waals surface area contributed by atoms with E-state index in [4.69, 9.17) is 5.11 Å². The Morgan fingerprint density at radius 2 is 1.78 bits per heavy atom.